The molecule has 0 spiro atoms. The summed E-state index contributed by atoms with van der Waals surface area (Å²) in [6, 6.07) is 14.4. The summed E-state index contributed by atoms with van der Waals surface area (Å²) in [4.78, 5) is 26.5. The Labute approximate surface area is 167 Å². The summed E-state index contributed by atoms with van der Waals surface area (Å²) in [5.41, 5.74) is 0.298. The van der Waals surface area contributed by atoms with Crippen LogP contribution < -0.4 is 4.72 Å². The van der Waals surface area contributed by atoms with E-state index >= 15 is 0 Å². The Balaban J connectivity index is 1.61. The number of carbonyl (C=O) groups excluding carboxylic acids is 1. The van der Waals surface area contributed by atoms with Gasteiger partial charge in [-0.2, -0.15) is 0 Å². The van der Waals surface area contributed by atoms with Crippen molar-refractivity contribution in [2.45, 2.75) is 17.7 Å². The van der Waals surface area contributed by atoms with Crippen molar-refractivity contribution in [3.63, 3.8) is 0 Å². The standard InChI is InChI=1S/C19H18N4O5S/c24-17(19-20-13-14-22(19)15-7-2-1-3-8-15)10-6-12-21-29(27,28)18-11-5-4-9-16(18)23(25)26/h1-5,7-9,11,13-14,21H,6,10,12H2. The minimum absolute atomic E-state index is 0.0355. The van der Waals surface area contributed by atoms with Gasteiger partial charge in [-0.1, -0.05) is 30.3 Å². The number of imidazole rings is 1. The molecule has 1 N–H and O–H groups in total. The summed E-state index contributed by atoms with van der Waals surface area (Å²) in [7, 11) is -4.06. The zero-order valence-corrected chi connectivity index (χ0v) is 16.1. The Morgan fingerprint density at radius 3 is 2.52 bits per heavy atom. The highest BCUT2D eigenvalue weighted by Gasteiger charge is 2.24. The molecule has 0 atom stereocenters. The first-order valence-electron chi connectivity index (χ1n) is 8.75. The molecule has 9 nitrogen and oxygen atoms in total. The number of rotatable bonds is 9. The lowest BCUT2D eigenvalue weighted by Gasteiger charge is -2.08. The average Bonchev–Trinajstić information content (AvgIpc) is 3.22. The minimum atomic E-state index is -4.06. The molecule has 1 aromatic heterocycles. The summed E-state index contributed by atoms with van der Waals surface area (Å²) in [5.74, 6) is 0.0292. The van der Waals surface area contributed by atoms with Gasteiger partial charge >= 0.3 is 0 Å². The summed E-state index contributed by atoms with van der Waals surface area (Å²) < 4.78 is 28.7. The van der Waals surface area contributed by atoms with Crippen LogP contribution in [-0.4, -0.2) is 35.2 Å². The number of nitrogens with zero attached hydrogens (tertiary/aromatic N) is 3. The van der Waals surface area contributed by atoms with Crippen molar-refractivity contribution in [1.29, 1.82) is 0 Å². The van der Waals surface area contributed by atoms with Crippen LogP contribution in [-0.2, 0) is 10.0 Å². The fourth-order valence-corrected chi connectivity index (χ4v) is 4.03. The molecule has 0 saturated carbocycles. The SMILES string of the molecule is O=C(CCCNS(=O)(=O)c1ccccc1[N+](=O)[O-])c1nccn1-c1ccccc1. The molecule has 2 aromatic carbocycles. The third-order valence-corrected chi connectivity index (χ3v) is 5.66. The van der Waals surface area contributed by atoms with Crippen LogP contribution >= 0.6 is 0 Å². The first kappa shape index (κ1) is 20.4. The van der Waals surface area contributed by atoms with E-state index in [1.165, 1.54) is 24.4 Å². The van der Waals surface area contributed by atoms with Crippen molar-refractivity contribution >= 4 is 21.5 Å². The van der Waals surface area contributed by atoms with E-state index in [1.54, 1.807) is 10.8 Å². The molecule has 0 unspecified atom stereocenters. The minimum Gasteiger partial charge on any atom is -0.297 e. The number of nitrogens with one attached hydrogen (secondary N) is 1. The number of nitro groups is 1. The largest absolute Gasteiger partial charge is 0.297 e. The van der Waals surface area contributed by atoms with Crippen LogP contribution in [0.15, 0.2) is 71.9 Å². The number of ketones is 1. The molecule has 3 aromatic rings. The highest BCUT2D eigenvalue weighted by atomic mass is 32.2. The van der Waals surface area contributed by atoms with Crippen molar-refractivity contribution in [1.82, 2.24) is 14.3 Å². The van der Waals surface area contributed by atoms with Crippen molar-refractivity contribution < 1.29 is 18.1 Å². The van der Waals surface area contributed by atoms with Crippen LogP contribution in [0.25, 0.3) is 5.69 Å². The van der Waals surface area contributed by atoms with Crippen molar-refractivity contribution in [3.05, 3.63) is 82.9 Å². The van der Waals surface area contributed by atoms with Gasteiger partial charge in [0.25, 0.3) is 5.69 Å². The summed E-state index contributed by atoms with van der Waals surface area (Å²) in [6.45, 7) is -0.0355. The molecule has 10 heteroatoms. The number of benzene rings is 2. The van der Waals surface area contributed by atoms with Gasteiger partial charge in [0.05, 0.1) is 4.92 Å². The second-order valence-electron chi connectivity index (χ2n) is 6.11. The van der Waals surface area contributed by atoms with Gasteiger partial charge in [0.15, 0.2) is 16.5 Å². The number of hydrogen-bond donors (Lipinski definition) is 1. The first-order chi connectivity index (χ1) is 13.9. The number of aromatic nitrogens is 2. The molecule has 0 aliphatic carbocycles. The van der Waals surface area contributed by atoms with E-state index in [-0.39, 0.29) is 31.0 Å². The Morgan fingerprint density at radius 2 is 1.79 bits per heavy atom. The fourth-order valence-electron chi connectivity index (χ4n) is 2.79. The predicted octanol–water partition coefficient (Wildman–Crippen LogP) is 2.72. The van der Waals surface area contributed by atoms with Crippen LogP contribution in [0.1, 0.15) is 23.5 Å². The molecule has 0 saturated heterocycles. The van der Waals surface area contributed by atoms with Crippen molar-refractivity contribution in [2.75, 3.05) is 6.54 Å². The Kier molecular flexibility index (Phi) is 6.15. The quantitative estimate of drug-likeness (QED) is 0.248. The van der Waals surface area contributed by atoms with Crippen LogP contribution in [0.4, 0.5) is 5.69 Å². The molecular weight excluding hydrogens is 396 g/mol. The Hall–Kier alpha value is -3.37. The molecule has 0 radical (unpaired) electrons. The second-order valence-corrected chi connectivity index (χ2v) is 7.84. The molecule has 29 heavy (non-hydrogen) atoms. The lowest BCUT2D eigenvalue weighted by molar-refractivity contribution is -0.387. The van der Waals surface area contributed by atoms with Crippen molar-refractivity contribution in [2.24, 2.45) is 0 Å². The van der Waals surface area contributed by atoms with E-state index in [2.05, 4.69) is 9.71 Å². The van der Waals surface area contributed by atoms with E-state index in [1.807, 2.05) is 30.3 Å². The maximum Gasteiger partial charge on any atom is 0.289 e. The van der Waals surface area contributed by atoms with E-state index in [9.17, 15) is 23.3 Å². The molecule has 1 heterocycles. The molecule has 0 amide bonds. The zero-order chi connectivity index (χ0) is 20.9. The molecule has 0 bridgehead atoms. The molecule has 150 valence electrons. The summed E-state index contributed by atoms with van der Waals surface area (Å²) in [6.07, 6.45) is 3.50. The van der Waals surface area contributed by atoms with Crippen molar-refractivity contribution in [3.8, 4) is 5.69 Å². The third-order valence-electron chi connectivity index (χ3n) is 4.15. The maximum absolute atomic E-state index is 12.5. The maximum atomic E-state index is 12.5. The average molecular weight is 414 g/mol. The number of Topliss-reactive ketones (excluding diaryl/α,β-unsaturated/α-hetero) is 1. The van der Waals surface area contributed by atoms with Gasteiger partial charge in [0.1, 0.15) is 0 Å². The van der Waals surface area contributed by atoms with E-state index < -0.39 is 25.5 Å². The summed E-state index contributed by atoms with van der Waals surface area (Å²) in [5, 5.41) is 11.0. The summed E-state index contributed by atoms with van der Waals surface area (Å²) >= 11 is 0. The zero-order valence-electron chi connectivity index (χ0n) is 15.3. The first-order valence-corrected chi connectivity index (χ1v) is 10.2. The molecule has 0 aliphatic rings. The highest BCUT2D eigenvalue weighted by Crippen LogP contribution is 2.22. The van der Waals surface area contributed by atoms with Crippen LogP contribution in [0, 0.1) is 10.1 Å². The molecule has 3 rings (SSSR count). The smallest absolute Gasteiger partial charge is 0.289 e. The lowest BCUT2D eigenvalue weighted by Crippen LogP contribution is -2.26. The number of carbonyl (C=O) groups is 1. The number of sulfonamides is 1. The van der Waals surface area contributed by atoms with Crippen LogP contribution in [0.2, 0.25) is 0 Å². The second kappa shape index (κ2) is 8.76. The molecule has 0 aliphatic heterocycles. The van der Waals surface area contributed by atoms with E-state index in [4.69, 9.17) is 0 Å². The Morgan fingerprint density at radius 1 is 1.10 bits per heavy atom. The predicted molar refractivity (Wildman–Crippen MR) is 105 cm³/mol. The van der Waals surface area contributed by atoms with Gasteiger partial charge in [-0.25, -0.2) is 18.1 Å². The molecular formula is C19H18N4O5S. The topological polar surface area (TPSA) is 124 Å². The molecule has 0 fully saturated rings. The third kappa shape index (κ3) is 4.73. The lowest BCUT2D eigenvalue weighted by atomic mass is 10.2. The van der Waals surface area contributed by atoms with E-state index in [0.29, 0.717) is 0 Å². The van der Waals surface area contributed by atoms with E-state index in [0.717, 1.165) is 11.8 Å². The van der Waals surface area contributed by atoms with Gasteiger partial charge in [0, 0.05) is 37.1 Å². The monoisotopic (exact) mass is 414 g/mol. The van der Waals surface area contributed by atoms with Gasteiger partial charge in [0.2, 0.25) is 10.0 Å². The van der Waals surface area contributed by atoms with Gasteiger partial charge in [-0.05, 0) is 24.6 Å². The normalized spacial score (nSPS) is 11.3. The van der Waals surface area contributed by atoms with Crippen LogP contribution in [0.3, 0.4) is 0 Å². The fraction of sp³-hybridized carbons (Fsp3) is 0.158. The highest BCUT2D eigenvalue weighted by molar-refractivity contribution is 7.89. The number of nitro benzene ring substituents is 1. The number of para-hydroxylation sites is 2. The van der Waals surface area contributed by atoms with Crippen LogP contribution in [0.5, 0.6) is 0 Å². The number of hydrogen-bond acceptors (Lipinski definition) is 6. The van der Waals surface area contributed by atoms with Gasteiger partial charge < -0.3 is 0 Å². The van der Waals surface area contributed by atoms with Gasteiger partial charge in [-0.15, -0.1) is 0 Å². The Bertz CT molecular complexity index is 1130. The van der Waals surface area contributed by atoms with Gasteiger partial charge in [-0.3, -0.25) is 19.5 Å².